The number of carboxylic acid groups (broad SMARTS) is 2. The van der Waals surface area contributed by atoms with Crippen molar-refractivity contribution in [3.63, 3.8) is 0 Å². The van der Waals surface area contributed by atoms with Crippen molar-refractivity contribution in [2.75, 3.05) is 0 Å². The minimum atomic E-state index is -1.57. The molecule has 0 saturated carbocycles. The van der Waals surface area contributed by atoms with Gasteiger partial charge in [-0.3, -0.25) is 19.7 Å². The van der Waals surface area contributed by atoms with Gasteiger partial charge in [0.15, 0.2) is 0 Å². The molecular formula is C22H26N2O6. The lowest BCUT2D eigenvalue weighted by atomic mass is 10.0. The molecule has 8 nitrogen and oxygen atoms in total. The van der Waals surface area contributed by atoms with E-state index in [0.717, 1.165) is 11.1 Å². The Morgan fingerprint density at radius 3 is 1.93 bits per heavy atom. The van der Waals surface area contributed by atoms with Gasteiger partial charge in [0.1, 0.15) is 12.3 Å². The van der Waals surface area contributed by atoms with E-state index in [0.29, 0.717) is 6.42 Å². The summed E-state index contributed by atoms with van der Waals surface area (Å²) in [5.74, 6) is -3.02. The van der Waals surface area contributed by atoms with Crippen molar-refractivity contribution in [3.8, 4) is 0 Å². The summed E-state index contributed by atoms with van der Waals surface area (Å²) >= 11 is 0. The van der Waals surface area contributed by atoms with E-state index in [1.54, 1.807) is 24.3 Å². The van der Waals surface area contributed by atoms with Gasteiger partial charge in [0, 0.05) is 0 Å². The molecule has 0 aromatic heterocycles. The van der Waals surface area contributed by atoms with E-state index in [9.17, 15) is 24.6 Å². The van der Waals surface area contributed by atoms with Crippen LogP contribution in [0.2, 0.25) is 0 Å². The molecule has 0 heterocycles. The first-order valence-corrected chi connectivity index (χ1v) is 9.62. The number of carbonyl (C=O) groups is 3. The number of hydrogen-bond donors (Lipinski definition) is 5. The number of amides is 1. The third kappa shape index (κ3) is 8.02. The van der Waals surface area contributed by atoms with E-state index >= 15 is 0 Å². The lowest BCUT2D eigenvalue weighted by Gasteiger charge is -2.24. The number of aliphatic hydroxyl groups is 1. The number of hydrogen-bond acceptors (Lipinski definition) is 5. The van der Waals surface area contributed by atoms with Crippen molar-refractivity contribution in [2.45, 2.75) is 44.0 Å². The summed E-state index contributed by atoms with van der Waals surface area (Å²) in [7, 11) is 0. The maximum absolute atomic E-state index is 12.7. The van der Waals surface area contributed by atoms with Crippen LogP contribution in [0.15, 0.2) is 60.7 Å². The number of carboxylic acids is 2. The van der Waals surface area contributed by atoms with Gasteiger partial charge in [-0.15, -0.1) is 0 Å². The SMILES string of the molecule is O=C(O)C[C@H](O)NC(=O)[C@H](Cc1ccccc1)N[C@@H](CCc1ccccc1)C(=O)O. The molecule has 0 aliphatic carbocycles. The highest BCUT2D eigenvalue weighted by molar-refractivity contribution is 5.84. The number of aliphatic carboxylic acids is 2. The summed E-state index contributed by atoms with van der Waals surface area (Å²) in [6.07, 6.45) is -1.27. The molecule has 0 aliphatic rings. The zero-order chi connectivity index (χ0) is 21.9. The summed E-state index contributed by atoms with van der Waals surface area (Å²) in [6, 6.07) is 16.5. The van der Waals surface area contributed by atoms with E-state index in [2.05, 4.69) is 10.6 Å². The van der Waals surface area contributed by atoms with Gasteiger partial charge in [0.25, 0.3) is 0 Å². The largest absolute Gasteiger partial charge is 0.481 e. The predicted octanol–water partition coefficient (Wildman–Crippen LogP) is 1.18. The van der Waals surface area contributed by atoms with Gasteiger partial charge in [-0.2, -0.15) is 0 Å². The smallest absolute Gasteiger partial charge is 0.320 e. The molecule has 1 amide bonds. The van der Waals surface area contributed by atoms with E-state index in [1.165, 1.54) is 0 Å². The van der Waals surface area contributed by atoms with Crippen LogP contribution in [0.4, 0.5) is 0 Å². The van der Waals surface area contributed by atoms with E-state index in [4.69, 9.17) is 5.11 Å². The molecule has 8 heteroatoms. The fraction of sp³-hybridized carbons (Fsp3) is 0.318. The molecular weight excluding hydrogens is 388 g/mol. The number of carbonyl (C=O) groups excluding carboxylic acids is 1. The number of benzene rings is 2. The Hall–Kier alpha value is -3.23. The Morgan fingerprint density at radius 2 is 1.40 bits per heavy atom. The molecule has 0 radical (unpaired) electrons. The fourth-order valence-corrected chi connectivity index (χ4v) is 3.03. The third-order valence-electron chi connectivity index (χ3n) is 4.54. The highest BCUT2D eigenvalue weighted by atomic mass is 16.4. The zero-order valence-electron chi connectivity index (χ0n) is 16.4. The average Bonchev–Trinajstić information content (AvgIpc) is 2.70. The van der Waals surface area contributed by atoms with Gasteiger partial charge < -0.3 is 20.6 Å². The van der Waals surface area contributed by atoms with Crippen molar-refractivity contribution < 1.29 is 29.7 Å². The lowest BCUT2D eigenvalue weighted by Crippen LogP contribution is -2.54. The average molecular weight is 414 g/mol. The molecule has 0 aliphatic heterocycles. The van der Waals surface area contributed by atoms with Crippen LogP contribution in [-0.2, 0) is 27.2 Å². The molecule has 0 fully saturated rings. The molecule has 30 heavy (non-hydrogen) atoms. The van der Waals surface area contributed by atoms with Crippen LogP contribution in [0.25, 0.3) is 0 Å². The van der Waals surface area contributed by atoms with Crippen molar-refractivity contribution in [1.82, 2.24) is 10.6 Å². The lowest BCUT2D eigenvalue weighted by molar-refractivity contribution is -0.140. The van der Waals surface area contributed by atoms with Crippen LogP contribution in [0.3, 0.4) is 0 Å². The monoisotopic (exact) mass is 414 g/mol. The molecule has 0 bridgehead atoms. The molecule has 160 valence electrons. The minimum Gasteiger partial charge on any atom is -0.481 e. The first-order chi connectivity index (χ1) is 14.3. The van der Waals surface area contributed by atoms with Crippen molar-refractivity contribution in [2.24, 2.45) is 0 Å². The highest BCUT2D eigenvalue weighted by Gasteiger charge is 2.27. The molecule has 3 atom stereocenters. The Bertz CT molecular complexity index is 828. The van der Waals surface area contributed by atoms with Crippen molar-refractivity contribution >= 4 is 17.8 Å². The van der Waals surface area contributed by atoms with Gasteiger partial charge >= 0.3 is 11.9 Å². The number of rotatable bonds is 12. The van der Waals surface area contributed by atoms with Crippen LogP contribution in [0.5, 0.6) is 0 Å². The fourth-order valence-electron chi connectivity index (χ4n) is 3.03. The quantitative estimate of drug-likeness (QED) is 0.329. The minimum absolute atomic E-state index is 0.182. The first-order valence-electron chi connectivity index (χ1n) is 9.62. The summed E-state index contributed by atoms with van der Waals surface area (Å²) in [5.41, 5.74) is 1.77. The van der Waals surface area contributed by atoms with Crippen molar-refractivity contribution in [1.29, 1.82) is 0 Å². The Morgan fingerprint density at radius 1 is 0.833 bits per heavy atom. The molecule has 2 rings (SSSR count). The van der Waals surface area contributed by atoms with E-state index in [1.807, 2.05) is 36.4 Å². The first kappa shape index (κ1) is 23.1. The second kappa shape index (κ2) is 11.7. The summed E-state index contributed by atoms with van der Waals surface area (Å²) in [5, 5.41) is 33.2. The maximum atomic E-state index is 12.7. The third-order valence-corrected chi connectivity index (χ3v) is 4.54. The van der Waals surface area contributed by atoms with Crippen LogP contribution < -0.4 is 10.6 Å². The second-order valence-corrected chi connectivity index (χ2v) is 6.95. The van der Waals surface area contributed by atoms with Crippen LogP contribution in [-0.4, -0.2) is 51.5 Å². The Kier molecular flexibility index (Phi) is 8.99. The Labute approximate surface area is 174 Å². The summed E-state index contributed by atoms with van der Waals surface area (Å²) in [4.78, 5) is 35.2. The van der Waals surface area contributed by atoms with E-state index in [-0.39, 0.29) is 12.8 Å². The Balaban J connectivity index is 2.10. The van der Waals surface area contributed by atoms with Gasteiger partial charge in [0.05, 0.1) is 12.5 Å². The zero-order valence-corrected chi connectivity index (χ0v) is 16.4. The molecule has 0 unspecified atom stereocenters. The molecule has 0 saturated heterocycles. The standard InChI is InChI=1S/C22H26N2O6/c25-19(14-20(26)27)24-21(28)18(13-16-9-5-2-6-10-16)23-17(22(29)30)12-11-15-7-3-1-4-8-15/h1-10,17-19,23,25H,11-14H2,(H,24,28)(H,26,27)(H,29,30)/t17-,18-,19-/m0/s1. The summed E-state index contributed by atoms with van der Waals surface area (Å²) in [6.45, 7) is 0. The van der Waals surface area contributed by atoms with Crippen LogP contribution in [0.1, 0.15) is 24.0 Å². The topological polar surface area (TPSA) is 136 Å². The summed E-state index contributed by atoms with van der Waals surface area (Å²) < 4.78 is 0. The van der Waals surface area contributed by atoms with Gasteiger partial charge in [-0.1, -0.05) is 60.7 Å². The molecule has 2 aromatic rings. The molecule has 5 N–H and O–H groups in total. The maximum Gasteiger partial charge on any atom is 0.320 e. The van der Waals surface area contributed by atoms with Gasteiger partial charge in [-0.25, -0.2) is 0 Å². The number of aliphatic hydroxyl groups excluding tert-OH is 1. The number of aryl methyl sites for hydroxylation is 1. The van der Waals surface area contributed by atoms with Gasteiger partial charge in [0.2, 0.25) is 5.91 Å². The molecule has 0 spiro atoms. The number of nitrogens with one attached hydrogen (secondary N) is 2. The predicted molar refractivity (Wildman–Crippen MR) is 110 cm³/mol. The van der Waals surface area contributed by atoms with E-state index < -0.39 is 42.6 Å². The second-order valence-electron chi connectivity index (χ2n) is 6.95. The van der Waals surface area contributed by atoms with Crippen LogP contribution >= 0.6 is 0 Å². The van der Waals surface area contributed by atoms with Crippen molar-refractivity contribution in [3.05, 3.63) is 71.8 Å². The normalized spacial score (nSPS) is 13.8. The molecule has 2 aromatic carbocycles. The van der Waals surface area contributed by atoms with Crippen LogP contribution in [0, 0.1) is 0 Å². The van der Waals surface area contributed by atoms with Gasteiger partial charge in [-0.05, 0) is 30.4 Å². The highest BCUT2D eigenvalue weighted by Crippen LogP contribution is 2.09.